The number of thiophene rings is 1. The van der Waals surface area contributed by atoms with E-state index in [9.17, 15) is 13.2 Å². The van der Waals surface area contributed by atoms with Crippen LogP contribution in [0.1, 0.15) is 25.7 Å². The van der Waals surface area contributed by atoms with Crippen LogP contribution >= 0.6 is 34.4 Å². The Bertz CT molecular complexity index is 1240. The molecule has 0 N–H and O–H groups in total. The van der Waals surface area contributed by atoms with Gasteiger partial charge in [-0.15, -0.1) is 23.1 Å². The van der Waals surface area contributed by atoms with E-state index in [1.807, 2.05) is 18.4 Å². The average Bonchev–Trinajstić information content (AvgIpc) is 3.63. The van der Waals surface area contributed by atoms with Crippen molar-refractivity contribution in [1.29, 1.82) is 0 Å². The lowest BCUT2D eigenvalue weighted by atomic mass is 9.96. The second kappa shape index (κ2) is 10.2. The van der Waals surface area contributed by atoms with Crippen LogP contribution in [0.15, 0.2) is 44.8 Å². The number of benzene rings is 1. The van der Waals surface area contributed by atoms with Gasteiger partial charge >= 0.3 is 0 Å². The van der Waals surface area contributed by atoms with Crippen LogP contribution in [0.3, 0.4) is 0 Å². The highest BCUT2D eigenvalue weighted by Gasteiger charge is 2.36. The first-order valence-electron chi connectivity index (χ1n) is 11.4. The van der Waals surface area contributed by atoms with Crippen LogP contribution in [-0.2, 0) is 19.6 Å². The van der Waals surface area contributed by atoms with E-state index < -0.39 is 10.0 Å². The maximum absolute atomic E-state index is 13.7. The summed E-state index contributed by atoms with van der Waals surface area (Å²) >= 11 is 4.44. The van der Waals surface area contributed by atoms with E-state index in [0.717, 1.165) is 29.7 Å². The van der Waals surface area contributed by atoms with Crippen LogP contribution in [0.4, 0.5) is 5.13 Å². The molecule has 1 amide bonds. The van der Waals surface area contributed by atoms with Crippen molar-refractivity contribution < 1.29 is 17.9 Å². The van der Waals surface area contributed by atoms with Crippen LogP contribution in [-0.4, -0.2) is 62.2 Å². The molecule has 1 unspecified atom stereocenters. The quantitative estimate of drug-likeness (QED) is 0.407. The van der Waals surface area contributed by atoms with Crippen LogP contribution in [0, 0.1) is 5.92 Å². The number of fused-ring (bicyclic) bond motifs is 1. The number of piperidine rings is 1. The summed E-state index contributed by atoms with van der Waals surface area (Å²) < 4.78 is 34.5. The second-order valence-corrected chi connectivity index (χ2v) is 13.5. The zero-order chi connectivity index (χ0) is 23.7. The van der Waals surface area contributed by atoms with Gasteiger partial charge < -0.3 is 4.74 Å². The number of hydrogen-bond donors (Lipinski definition) is 0. The zero-order valence-corrected chi connectivity index (χ0v) is 22.1. The third-order valence-electron chi connectivity index (χ3n) is 6.38. The largest absolute Gasteiger partial charge is 0.376 e. The molecule has 2 aliphatic rings. The van der Waals surface area contributed by atoms with Crippen molar-refractivity contribution in [2.24, 2.45) is 5.92 Å². The number of anilines is 1. The number of rotatable bonds is 7. The van der Waals surface area contributed by atoms with Gasteiger partial charge in [0.25, 0.3) is 10.0 Å². The fourth-order valence-electron chi connectivity index (χ4n) is 4.49. The highest BCUT2D eigenvalue weighted by molar-refractivity contribution is 7.98. The normalized spacial score (nSPS) is 20.2. The molecule has 4 heterocycles. The number of amides is 1. The number of carbonyl (C=O) groups excluding carboxylic acids is 1. The summed E-state index contributed by atoms with van der Waals surface area (Å²) in [5.41, 5.74) is 0.889. The summed E-state index contributed by atoms with van der Waals surface area (Å²) in [6.07, 6.45) is 5.00. The Morgan fingerprint density at radius 3 is 2.76 bits per heavy atom. The summed E-state index contributed by atoms with van der Waals surface area (Å²) in [5.74, 6) is -0.210. The lowest BCUT2D eigenvalue weighted by molar-refractivity contribution is -0.123. The molecule has 5 rings (SSSR count). The molecule has 0 spiro atoms. The molecule has 0 saturated carbocycles. The molecule has 3 aromatic rings. The van der Waals surface area contributed by atoms with Crippen LogP contribution < -0.4 is 4.90 Å². The number of sulfonamides is 1. The Kier molecular flexibility index (Phi) is 7.29. The van der Waals surface area contributed by atoms with E-state index in [4.69, 9.17) is 9.72 Å². The van der Waals surface area contributed by atoms with E-state index >= 15 is 0 Å². The third kappa shape index (κ3) is 4.91. The minimum Gasteiger partial charge on any atom is -0.376 e. The second-order valence-electron chi connectivity index (χ2n) is 8.52. The minimum atomic E-state index is -3.49. The molecule has 2 saturated heterocycles. The molecule has 7 nitrogen and oxygen atoms in total. The molecule has 1 atom stereocenters. The van der Waals surface area contributed by atoms with E-state index in [1.165, 1.54) is 31.9 Å². The van der Waals surface area contributed by atoms with Crippen LogP contribution in [0.25, 0.3) is 10.2 Å². The molecule has 182 valence electrons. The number of thiazole rings is 1. The molecular formula is C23H27N3O4S4. The SMILES string of the molecule is CSc1ccc2nc(N(CC3CCCO3)C(=O)C3CCN(S(=O)(=O)c4cccs4)CC3)sc2c1. The predicted molar refractivity (Wildman–Crippen MR) is 139 cm³/mol. The number of carbonyl (C=O) groups is 1. The number of ether oxygens (including phenoxy) is 1. The monoisotopic (exact) mass is 537 g/mol. The van der Waals surface area contributed by atoms with Crippen molar-refractivity contribution in [3.05, 3.63) is 35.7 Å². The molecule has 2 aromatic heterocycles. The van der Waals surface area contributed by atoms with Gasteiger partial charge in [0, 0.05) is 30.5 Å². The Morgan fingerprint density at radius 1 is 1.26 bits per heavy atom. The van der Waals surface area contributed by atoms with Gasteiger partial charge in [0.2, 0.25) is 5.91 Å². The summed E-state index contributed by atoms with van der Waals surface area (Å²) in [7, 11) is -3.49. The van der Waals surface area contributed by atoms with Gasteiger partial charge in [0.05, 0.1) is 22.9 Å². The maximum atomic E-state index is 13.7. The van der Waals surface area contributed by atoms with Gasteiger partial charge in [0.1, 0.15) is 4.21 Å². The summed E-state index contributed by atoms with van der Waals surface area (Å²) in [6, 6.07) is 9.55. The van der Waals surface area contributed by atoms with Gasteiger partial charge in [0.15, 0.2) is 5.13 Å². The zero-order valence-electron chi connectivity index (χ0n) is 18.9. The van der Waals surface area contributed by atoms with Crippen molar-refractivity contribution in [2.75, 3.05) is 37.4 Å². The average molecular weight is 538 g/mol. The van der Waals surface area contributed by atoms with E-state index in [2.05, 4.69) is 6.07 Å². The third-order valence-corrected chi connectivity index (χ3v) is 11.4. The van der Waals surface area contributed by atoms with Crippen LogP contribution in [0.2, 0.25) is 0 Å². The van der Waals surface area contributed by atoms with Crippen molar-refractivity contribution >= 4 is 65.7 Å². The topological polar surface area (TPSA) is 79.8 Å². The Labute approximate surface area is 212 Å². The van der Waals surface area contributed by atoms with E-state index in [1.54, 1.807) is 34.2 Å². The van der Waals surface area contributed by atoms with Crippen LogP contribution in [0.5, 0.6) is 0 Å². The Hall–Kier alpha value is -1.50. The predicted octanol–water partition coefficient (Wildman–Crippen LogP) is 4.69. The molecule has 11 heteroatoms. The molecule has 34 heavy (non-hydrogen) atoms. The highest BCUT2D eigenvalue weighted by atomic mass is 32.2. The lowest BCUT2D eigenvalue weighted by Crippen LogP contribution is -2.46. The van der Waals surface area contributed by atoms with Gasteiger partial charge in [-0.1, -0.05) is 17.4 Å². The van der Waals surface area contributed by atoms with E-state index in [0.29, 0.717) is 41.8 Å². The number of aromatic nitrogens is 1. The van der Waals surface area contributed by atoms with Gasteiger partial charge in [-0.25, -0.2) is 13.4 Å². The number of nitrogens with zero attached hydrogens (tertiary/aromatic N) is 3. The van der Waals surface area contributed by atoms with Crippen molar-refractivity contribution in [2.45, 2.75) is 40.9 Å². The molecule has 2 aliphatic heterocycles. The number of hydrogen-bond acceptors (Lipinski definition) is 8. The van der Waals surface area contributed by atoms with Crippen molar-refractivity contribution in [3.63, 3.8) is 0 Å². The fraction of sp³-hybridized carbons (Fsp3) is 0.478. The van der Waals surface area contributed by atoms with Crippen molar-refractivity contribution in [3.8, 4) is 0 Å². The first kappa shape index (κ1) is 24.2. The Balaban J connectivity index is 1.35. The standard InChI is InChI=1S/C23H27N3O4S4/c1-31-18-6-7-19-20(14-18)33-23(24-19)26(15-17-4-2-12-30-17)22(27)16-8-10-25(11-9-16)34(28,29)21-5-3-13-32-21/h3,5-7,13-14,16-17H,2,4,8-12,15H2,1H3. The first-order chi connectivity index (χ1) is 16.5. The van der Waals surface area contributed by atoms with E-state index in [-0.39, 0.29) is 17.9 Å². The van der Waals surface area contributed by atoms with Gasteiger partial charge in [-0.05, 0) is 61.6 Å². The summed E-state index contributed by atoms with van der Waals surface area (Å²) in [5, 5.41) is 2.47. The maximum Gasteiger partial charge on any atom is 0.252 e. The van der Waals surface area contributed by atoms with Gasteiger partial charge in [-0.2, -0.15) is 4.31 Å². The molecule has 0 aliphatic carbocycles. The smallest absolute Gasteiger partial charge is 0.252 e. The lowest BCUT2D eigenvalue weighted by Gasteiger charge is -2.33. The van der Waals surface area contributed by atoms with Gasteiger partial charge in [-0.3, -0.25) is 9.69 Å². The molecular weight excluding hydrogens is 511 g/mol. The highest BCUT2D eigenvalue weighted by Crippen LogP contribution is 2.34. The summed E-state index contributed by atoms with van der Waals surface area (Å²) in [6.45, 7) is 1.91. The van der Waals surface area contributed by atoms with Crippen molar-refractivity contribution in [1.82, 2.24) is 9.29 Å². The molecule has 1 aromatic carbocycles. The Morgan fingerprint density at radius 2 is 2.09 bits per heavy atom. The minimum absolute atomic E-state index is 0.0111. The fourth-order valence-corrected chi connectivity index (χ4v) is 8.64. The molecule has 0 radical (unpaired) electrons. The summed E-state index contributed by atoms with van der Waals surface area (Å²) in [4.78, 5) is 21.5. The molecule has 0 bridgehead atoms. The first-order valence-corrected chi connectivity index (χ1v) is 15.7. The number of thioether (sulfide) groups is 1. The molecule has 2 fully saturated rings.